The zero-order valence-corrected chi connectivity index (χ0v) is 20.7. The Morgan fingerprint density at radius 2 is 1.74 bits per heavy atom. The molecule has 1 N–H and O–H groups in total. The second-order valence-corrected chi connectivity index (χ2v) is 8.47. The van der Waals surface area contributed by atoms with E-state index in [4.69, 9.17) is 26.2 Å². The van der Waals surface area contributed by atoms with Crippen molar-refractivity contribution < 1.29 is 32.5 Å². The van der Waals surface area contributed by atoms with Crippen LogP contribution in [0.1, 0.15) is 5.56 Å². The number of hydrogen-bond donors (Lipinski definition) is 1. The van der Waals surface area contributed by atoms with Crippen molar-refractivity contribution in [1.29, 1.82) is 0 Å². The van der Waals surface area contributed by atoms with Crippen LogP contribution in [0.25, 0.3) is 11.2 Å². The number of fused-ring (bicyclic) bond motifs is 1. The predicted molar refractivity (Wildman–Crippen MR) is 131 cm³/mol. The van der Waals surface area contributed by atoms with E-state index in [0.717, 1.165) is 21.3 Å². The standard InChI is InChI=1S/C24H22ClF3N4O6/c1-30-20-19(21(34)31(23(30)35)9-11-36-12-10-33)32(14-15-5-7-16(25)8-6-15)22(29-20)37-17-3-2-4-18(13-17)38-24(26,27)28/h2-8,13,33H,9-12,14H2,1H3. The highest BCUT2D eigenvalue weighted by Crippen LogP contribution is 2.30. The molecule has 14 heteroatoms. The summed E-state index contributed by atoms with van der Waals surface area (Å²) < 4.78 is 56.6. The molecule has 38 heavy (non-hydrogen) atoms. The van der Waals surface area contributed by atoms with Crippen LogP contribution < -0.4 is 20.7 Å². The summed E-state index contributed by atoms with van der Waals surface area (Å²) in [6.45, 7) is -0.185. The van der Waals surface area contributed by atoms with Gasteiger partial charge in [-0.15, -0.1) is 13.2 Å². The Kier molecular flexibility index (Phi) is 8.09. The van der Waals surface area contributed by atoms with Crippen molar-refractivity contribution in [2.75, 3.05) is 19.8 Å². The smallest absolute Gasteiger partial charge is 0.425 e. The average Bonchev–Trinajstić information content (AvgIpc) is 3.20. The van der Waals surface area contributed by atoms with E-state index >= 15 is 0 Å². The second-order valence-electron chi connectivity index (χ2n) is 8.04. The fraction of sp³-hybridized carbons (Fsp3) is 0.292. The van der Waals surface area contributed by atoms with Gasteiger partial charge in [-0.05, 0) is 29.8 Å². The summed E-state index contributed by atoms with van der Waals surface area (Å²) in [5, 5.41) is 9.39. The third-order valence-electron chi connectivity index (χ3n) is 5.39. The fourth-order valence-corrected chi connectivity index (χ4v) is 3.83. The zero-order chi connectivity index (χ0) is 27.4. The zero-order valence-electron chi connectivity index (χ0n) is 19.9. The highest BCUT2D eigenvalue weighted by molar-refractivity contribution is 6.30. The van der Waals surface area contributed by atoms with Gasteiger partial charge in [0.05, 0.1) is 32.9 Å². The summed E-state index contributed by atoms with van der Waals surface area (Å²) in [4.78, 5) is 30.7. The second kappa shape index (κ2) is 11.3. The van der Waals surface area contributed by atoms with Crippen LogP contribution in [0.4, 0.5) is 13.2 Å². The van der Waals surface area contributed by atoms with Gasteiger partial charge in [0.25, 0.3) is 5.56 Å². The Morgan fingerprint density at radius 1 is 1.03 bits per heavy atom. The largest absolute Gasteiger partial charge is 0.573 e. The first-order chi connectivity index (χ1) is 18.1. The number of aromatic nitrogens is 4. The first kappa shape index (κ1) is 27.2. The van der Waals surface area contributed by atoms with Gasteiger partial charge in [-0.25, -0.2) is 4.79 Å². The molecule has 2 heterocycles. The van der Waals surface area contributed by atoms with Crippen molar-refractivity contribution in [3.8, 4) is 17.5 Å². The summed E-state index contributed by atoms with van der Waals surface area (Å²) in [7, 11) is 1.43. The Hall–Kier alpha value is -3.81. The van der Waals surface area contributed by atoms with E-state index < -0.39 is 23.4 Å². The highest BCUT2D eigenvalue weighted by Gasteiger charge is 2.31. The first-order valence-corrected chi connectivity index (χ1v) is 11.6. The number of benzene rings is 2. The normalized spacial score (nSPS) is 11.7. The lowest BCUT2D eigenvalue weighted by atomic mass is 10.2. The molecule has 0 fully saturated rings. The van der Waals surface area contributed by atoms with Gasteiger partial charge in [-0.1, -0.05) is 29.8 Å². The number of imidazole rings is 1. The number of ether oxygens (including phenoxy) is 3. The van der Waals surface area contributed by atoms with Crippen LogP contribution in [-0.2, 0) is 24.9 Å². The molecule has 0 saturated heterocycles. The molecule has 0 saturated carbocycles. The van der Waals surface area contributed by atoms with Crippen LogP contribution in [0.2, 0.25) is 5.02 Å². The van der Waals surface area contributed by atoms with Gasteiger partial charge in [0.2, 0.25) is 0 Å². The van der Waals surface area contributed by atoms with Gasteiger partial charge < -0.3 is 19.3 Å². The van der Waals surface area contributed by atoms with E-state index in [-0.39, 0.29) is 55.8 Å². The number of aliphatic hydroxyl groups excluding tert-OH is 1. The summed E-state index contributed by atoms with van der Waals surface area (Å²) in [5.41, 5.74) is -0.570. The lowest BCUT2D eigenvalue weighted by Crippen LogP contribution is -2.40. The van der Waals surface area contributed by atoms with Crippen LogP contribution in [0, 0.1) is 0 Å². The molecule has 2 aromatic heterocycles. The maximum atomic E-state index is 13.5. The van der Waals surface area contributed by atoms with Gasteiger partial charge in [-0.2, -0.15) is 4.98 Å². The topological polar surface area (TPSA) is 110 Å². The van der Waals surface area contributed by atoms with Crippen molar-refractivity contribution in [1.82, 2.24) is 18.7 Å². The minimum atomic E-state index is -4.90. The molecule has 0 radical (unpaired) electrons. The van der Waals surface area contributed by atoms with Gasteiger partial charge in [0.15, 0.2) is 11.2 Å². The van der Waals surface area contributed by atoms with Crippen molar-refractivity contribution in [3.63, 3.8) is 0 Å². The van der Waals surface area contributed by atoms with E-state index in [9.17, 15) is 22.8 Å². The van der Waals surface area contributed by atoms with Crippen molar-refractivity contribution in [3.05, 3.63) is 80.0 Å². The molecule has 0 aliphatic heterocycles. The third-order valence-corrected chi connectivity index (χ3v) is 5.65. The monoisotopic (exact) mass is 554 g/mol. The Balaban J connectivity index is 1.83. The minimum absolute atomic E-state index is 0.00187. The Labute approximate surface area is 218 Å². The molecular formula is C24H22ClF3N4O6. The van der Waals surface area contributed by atoms with E-state index in [2.05, 4.69) is 9.72 Å². The van der Waals surface area contributed by atoms with Crippen LogP contribution in [0.3, 0.4) is 0 Å². The number of nitrogens with zero attached hydrogens (tertiary/aromatic N) is 4. The highest BCUT2D eigenvalue weighted by atomic mass is 35.5. The maximum Gasteiger partial charge on any atom is 0.573 e. The van der Waals surface area contributed by atoms with Crippen LogP contribution in [-0.4, -0.2) is 50.0 Å². The van der Waals surface area contributed by atoms with Crippen molar-refractivity contribution in [2.24, 2.45) is 7.05 Å². The number of aryl methyl sites for hydroxylation is 1. The maximum absolute atomic E-state index is 13.5. The quantitative estimate of drug-likeness (QED) is 0.300. The van der Waals surface area contributed by atoms with E-state index in [1.54, 1.807) is 24.3 Å². The molecule has 0 atom stereocenters. The summed E-state index contributed by atoms with van der Waals surface area (Å²) in [5.74, 6) is -0.546. The number of alkyl halides is 3. The van der Waals surface area contributed by atoms with Gasteiger partial charge in [0, 0.05) is 18.1 Å². The first-order valence-electron chi connectivity index (χ1n) is 11.2. The number of aliphatic hydroxyl groups is 1. The summed E-state index contributed by atoms with van der Waals surface area (Å²) in [6, 6.07) is 11.4. The Morgan fingerprint density at radius 3 is 2.42 bits per heavy atom. The van der Waals surface area contributed by atoms with E-state index in [0.29, 0.717) is 10.6 Å². The molecule has 0 spiro atoms. The Bertz CT molecular complexity index is 1550. The molecule has 4 rings (SSSR count). The number of rotatable bonds is 10. The summed E-state index contributed by atoms with van der Waals surface area (Å²) in [6.07, 6.45) is -4.90. The van der Waals surface area contributed by atoms with Crippen molar-refractivity contribution >= 4 is 22.8 Å². The molecule has 4 aromatic rings. The number of halogens is 4. The summed E-state index contributed by atoms with van der Waals surface area (Å²) >= 11 is 5.99. The van der Waals surface area contributed by atoms with Gasteiger partial charge in [-0.3, -0.25) is 18.5 Å². The SMILES string of the molecule is Cn1c(=O)n(CCOCCO)c(=O)c2c1nc(Oc1cccc(OC(F)(F)F)c1)n2Cc1ccc(Cl)cc1. The predicted octanol–water partition coefficient (Wildman–Crippen LogP) is 3.30. The molecule has 0 aliphatic rings. The van der Waals surface area contributed by atoms with Crippen molar-refractivity contribution in [2.45, 2.75) is 19.5 Å². The fourth-order valence-electron chi connectivity index (χ4n) is 3.71. The van der Waals surface area contributed by atoms with E-state index in [1.165, 1.54) is 23.7 Å². The lowest BCUT2D eigenvalue weighted by molar-refractivity contribution is -0.274. The van der Waals surface area contributed by atoms with Gasteiger partial charge >= 0.3 is 18.1 Å². The van der Waals surface area contributed by atoms with E-state index in [1.807, 2.05) is 0 Å². The molecule has 0 amide bonds. The number of hydrogen-bond acceptors (Lipinski definition) is 7. The molecule has 0 bridgehead atoms. The molecule has 10 nitrogen and oxygen atoms in total. The molecule has 202 valence electrons. The van der Waals surface area contributed by atoms with Crippen LogP contribution >= 0.6 is 11.6 Å². The van der Waals surface area contributed by atoms with Crippen LogP contribution in [0.5, 0.6) is 17.5 Å². The third kappa shape index (κ3) is 6.18. The molecule has 0 unspecified atom stereocenters. The average molecular weight is 555 g/mol. The molecule has 2 aromatic carbocycles. The molecule has 0 aliphatic carbocycles. The van der Waals surface area contributed by atoms with Gasteiger partial charge in [0.1, 0.15) is 11.5 Å². The van der Waals surface area contributed by atoms with Crippen LogP contribution in [0.15, 0.2) is 58.1 Å². The minimum Gasteiger partial charge on any atom is -0.425 e. The lowest BCUT2D eigenvalue weighted by Gasteiger charge is -2.13. The molecular weight excluding hydrogens is 533 g/mol.